The largest absolute Gasteiger partial charge is 0.497 e. The molecule has 1 N–H and O–H groups in total. The second kappa shape index (κ2) is 9.40. The van der Waals surface area contributed by atoms with E-state index in [4.69, 9.17) is 9.26 Å². The van der Waals surface area contributed by atoms with E-state index in [2.05, 4.69) is 10.5 Å². The standard InChI is InChI=1S/C22H29N3O5S/c1-29-18-10-5-11-19(13-18)31(27,28)25-12-6-7-16(15-25)20-14-21(30-24-20)22(26)23-17-8-3-2-4-9-17/h5,10-11,13-14,16-17H,2-4,6-9,12,15H2,1H3,(H,23,26)/t16-/m1/s1. The van der Waals surface area contributed by atoms with Gasteiger partial charge in [-0.1, -0.05) is 30.5 Å². The van der Waals surface area contributed by atoms with Gasteiger partial charge in [-0.3, -0.25) is 4.79 Å². The van der Waals surface area contributed by atoms with Gasteiger partial charge in [-0.25, -0.2) is 8.42 Å². The van der Waals surface area contributed by atoms with Crippen molar-refractivity contribution in [2.24, 2.45) is 0 Å². The molecule has 2 aliphatic rings. The molecule has 1 aromatic carbocycles. The van der Waals surface area contributed by atoms with Crippen LogP contribution in [0.1, 0.15) is 67.1 Å². The van der Waals surface area contributed by atoms with Crippen LogP contribution >= 0.6 is 0 Å². The number of carbonyl (C=O) groups excluding carboxylic acids is 1. The molecule has 1 aliphatic carbocycles. The van der Waals surface area contributed by atoms with Gasteiger partial charge in [0.2, 0.25) is 15.8 Å². The van der Waals surface area contributed by atoms with Gasteiger partial charge in [0.1, 0.15) is 5.75 Å². The average molecular weight is 448 g/mol. The summed E-state index contributed by atoms with van der Waals surface area (Å²) < 4.78 is 38.2. The number of methoxy groups -OCH3 is 1. The van der Waals surface area contributed by atoms with E-state index >= 15 is 0 Å². The van der Waals surface area contributed by atoms with Crippen LogP contribution in [0.25, 0.3) is 0 Å². The monoisotopic (exact) mass is 447 g/mol. The predicted octanol–water partition coefficient (Wildman–Crippen LogP) is 3.31. The Kier molecular flexibility index (Phi) is 6.62. The maximum Gasteiger partial charge on any atom is 0.290 e. The van der Waals surface area contributed by atoms with Gasteiger partial charge < -0.3 is 14.6 Å². The minimum Gasteiger partial charge on any atom is -0.497 e. The number of carbonyl (C=O) groups is 1. The molecule has 1 atom stereocenters. The van der Waals surface area contributed by atoms with Crippen LogP contribution < -0.4 is 10.1 Å². The van der Waals surface area contributed by atoms with Crippen LogP contribution in [0.4, 0.5) is 0 Å². The third-order valence-electron chi connectivity index (χ3n) is 6.17. The van der Waals surface area contributed by atoms with Crippen molar-refractivity contribution in [1.29, 1.82) is 0 Å². The van der Waals surface area contributed by atoms with Gasteiger partial charge in [0, 0.05) is 37.2 Å². The molecular weight excluding hydrogens is 418 g/mol. The Labute approximate surface area is 183 Å². The second-order valence-corrected chi connectivity index (χ2v) is 10.2. The minimum absolute atomic E-state index is 0.117. The molecular formula is C22H29N3O5S. The van der Waals surface area contributed by atoms with Gasteiger partial charge in [0.15, 0.2) is 0 Å². The third-order valence-corrected chi connectivity index (χ3v) is 8.04. The fourth-order valence-electron chi connectivity index (χ4n) is 4.40. The van der Waals surface area contributed by atoms with E-state index in [1.807, 2.05) is 0 Å². The number of nitrogens with one attached hydrogen (secondary N) is 1. The molecule has 0 unspecified atom stereocenters. The van der Waals surface area contributed by atoms with E-state index in [0.717, 1.165) is 32.1 Å². The van der Waals surface area contributed by atoms with E-state index in [-0.39, 0.29) is 28.5 Å². The maximum absolute atomic E-state index is 13.1. The van der Waals surface area contributed by atoms with Gasteiger partial charge in [0.05, 0.1) is 17.7 Å². The highest BCUT2D eigenvalue weighted by Gasteiger charge is 2.33. The zero-order valence-corrected chi connectivity index (χ0v) is 18.6. The molecule has 2 fully saturated rings. The lowest BCUT2D eigenvalue weighted by Gasteiger charge is -2.31. The van der Waals surface area contributed by atoms with Gasteiger partial charge in [0.25, 0.3) is 5.91 Å². The van der Waals surface area contributed by atoms with E-state index in [0.29, 0.717) is 31.0 Å². The highest BCUT2D eigenvalue weighted by atomic mass is 32.2. The molecule has 1 aromatic heterocycles. The number of ether oxygens (including phenoxy) is 1. The first-order valence-corrected chi connectivity index (χ1v) is 12.3. The lowest BCUT2D eigenvalue weighted by molar-refractivity contribution is 0.0890. The minimum atomic E-state index is -3.65. The molecule has 31 heavy (non-hydrogen) atoms. The number of piperidine rings is 1. The van der Waals surface area contributed by atoms with Crippen LogP contribution in [0.3, 0.4) is 0 Å². The van der Waals surface area contributed by atoms with Crippen LogP contribution in [0, 0.1) is 0 Å². The van der Waals surface area contributed by atoms with Gasteiger partial charge >= 0.3 is 0 Å². The van der Waals surface area contributed by atoms with Crippen molar-refractivity contribution in [3.05, 3.63) is 41.8 Å². The van der Waals surface area contributed by atoms with Crippen molar-refractivity contribution in [2.75, 3.05) is 20.2 Å². The molecule has 2 heterocycles. The molecule has 1 saturated heterocycles. The summed E-state index contributed by atoms with van der Waals surface area (Å²) in [4.78, 5) is 12.7. The van der Waals surface area contributed by atoms with Crippen LogP contribution in [0.15, 0.2) is 39.8 Å². The van der Waals surface area contributed by atoms with Gasteiger partial charge in [-0.15, -0.1) is 0 Å². The molecule has 1 amide bonds. The second-order valence-electron chi connectivity index (χ2n) is 8.31. The van der Waals surface area contributed by atoms with Crippen LogP contribution in [0.5, 0.6) is 5.75 Å². The number of sulfonamides is 1. The van der Waals surface area contributed by atoms with Crippen molar-refractivity contribution < 1.29 is 22.5 Å². The number of hydrogen-bond acceptors (Lipinski definition) is 6. The summed E-state index contributed by atoms with van der Waals surface area (Å²) >= 11 is 0. The Bertz CT molecular complexity index is 1010. The zero-order valence-electron chi connectivity index (χ0n) is 17.7. The predicted molar refractivity (Wildman–Crippen MR) is 115 cm³/mol. The van der Waals surface area contributed by atoms with Crippen LogP contribution in [-0.2, 0) is 10.0 Å². The Hall–Kier alpha value is -2.39. The number of rotatable bonds is 6. The first-order chi connectivity index (χ1) is 15.0. The fraction of sp³-hybridized carbons (Fsp3) is 0.545. The Morgan fingerprint density at radius 1 is 1.16 bits per heavy atom. The molecule has 8 nitrogen and oxygen atoms in total. The normalized spacial score (nSPS) is 21.0. The molecule has 9 heteroatoms. The van der Waals surface area contributed by atoms with Crippen molar-refractivity contribution in [3.8, 4) is 5.75 Å². The van der Waals surface area contributed by atoms with Gasteiger partial charge in [-0.2, -0.15) is 4.31 Å². The molecule has 0 spiro atoms. The SMILES string of the molecule is COc1cccc(S(=O)(=O)N2CCC[C@@H](c3cc(C(=O)NC4CCCCC4)on3)C2)c1. The number of hydrogen-bond donors (Lipinski definition) is 1. The van der Waals surface area contributed by atoms with Crippen molar-refractivity contribution in [1.82, 2.24) is 14.8 Å². The highest BCUT2D eigenvalue weighted by molar-refractivity contribution is 7.89. The molecule has 4 rings (SSSR count). The first-order valence-electron chi connectivity index (χ1n) is 10.9. The summed E-state index contributed by atoms with van der Waals surface area (Å²) in [6, 6.07) is 8.33. The lowest BCUT2D eigenvalue weighted by Crippen LogP contribution is -2.39. The quantitative estimate of drug-likeness (QED) is 0.729. The summed E-state index contributed by atoms with van der Waals surface area (Å²) in [5.74, 6) is 0.324. The van der Waals surface area contributed by atoms with E-state index < -0.39 is 10.0 Å². The lowest BCUT2D eigenvalue weighted by atomic mass is 9.95. The topological polar surface area (TPSA) is 102 Å². The smallest absolute Gasteiger partial charge is 0.290 e. The van der Waals surface area contributed by atoms with Crippen molar-refractivity contribution in [3.63, 3.8) is 0 Å². The van der Waals surface area contributed by atoms with Gasteiger partial charge in [-0.05, 0) is 37.8 Å². The summed E-state index contributed by atoms with van der Waals surface area (Å²) in [6.45, 7) is 0.749. The molecule has 0 bridgehead atoms. The summed E-state index contributed by atoms with van der Waals surface area (Å²) in [5.41, 5.74) is 0.624. The Morgan fingerprint density at radius 3 is 2.74 bits per heavy atom. The van der Waals surface area contributed by atoms with E-state index in [1.54, 1.807) is 24.3 Å². The summed E-state index contributed by atoms with van der Waals surface area (Å²) in [6.07, 6.45) is 6.97. The van der Waals surface area contributed by atoms with Crippen LogP contribution in [-0.4, -0.2) is 50.0 Å². The Balaban J connectivity index is 1.44. The third kappa shape index (κ3) is 4.93. The highest BCUT2D eigenvalue weighted by Crippen LogP contribution is 2.31. The molecule has 0 radical (unpaired) electrons. The van der Waals surface area contributed by atoms with Crippen LogP contribution in [0.2, 0.25) is 0 Å². The number of amides is 1. The zero-order chi connectivity index (χ0) is 21.8. The molecule has 168 valence electrons. The number of benzene rings is 1. The number of aromatic nitrogens is 1. The summed E-state index contributed by atoms with van der Waals surface area (Å²) in [7, 11) is -2.14. The van der Waals surface area contributed by atoms with E-state index in [1.165, 1.54) is 23.9 Å². The molecule has 1 saturated carbocycles. The van der Waals surface area contributed by atoms with Crippen molar-refractivity contribution in [2.45, 2.75) is 61.8 Å². The molecule has 2 aromatic rings. The van der Waals surface area contributed by atoms with Crippen molar-refractivity contribution >= 4 is 15.9 Å². The Morgan fingerprint density at radius 2 is 1.97 bits per heavy atom. The molecule has 1 aliphatic heterocycles. The average Bonchev–Trinajstić information content (AvgIpc) is 3.30. The fourth-order valence-corrected chi connectivity index (χ4v) is 5.96. The maximum atomic E-state index is 13.1. The van der Waals surface area contributed by atoms with E-state index in [9.17, 15) is 13.2 Å². The first kappa shape index (κ1) is 21.8. The number of nitrogens with zero attached hydrogens (tertiary/aromatic N) is 2. The summed E-state index contributed by atoms with van der Waals surface area (Å²) in [5, 5.41) is 7.12.